The molecule has 31 heavy (non-hydrogen) atoms. The quantitative estimate of drug-likeness (QED) is 0.341. The zero-order valence-electron chi connectivity index (χ0n) is 20.8. The molecule has 2 fully saturated rings. The summed E-state index contributed by atoms with van der Waals surface area (Å²) in [5.41, 5.74) is 0.0897. The maximum Gasteiger partial charge on any atom is 0.330 e. The molecule has 0 atom stereocenters. The Morgan fingerprint density at radius 1 is 0.806 bits per heavy atom. The number of methoxy groups -OCH3 is 1. The van der Waals surface area contributed by atoms with E-state index in [1.807, 2.05) is 33.8 Å². The molecule has 0 aromatic heterocycles. The first-order valence-corrected chi connectivity index (χ1v) is 11.7. The Kier molecular flexibility index (Phi) is 9.15. The molecular formula is C25H44O6. The van der Waals surface area contributed by atoms with Gasteiger partial charge in [-0.1, -0.05) is 32.8 Å². The zero-order chi connectivity index (χ0) is 23.2. The second-order valence-electron chi connectivity index (χ2n) is 11.0. The first-order valence-electron chi connectivity index (χ1n) is 11.7. The Labute approximate surface area is 189 Å². The van der Waals surface area contributed by atoms with Crippen LogP contribution < -0.4 is 0 Å². The fourth-order valence-corrected chi connectivity index (χ4v) is 4.05. The predicted octanol–water partition coefficient (Wildman–Crippen LogP) is 5.25. The fraction of sp³-hybridized carbons (Fsp3) is 0.880. The fourth-order valence-electron chi connectivity index (χ4n) is 4.05. The molecule has 0 aromatic carbocycles. The average Bonchev–Trinajstić information content (AvgIpc) is 2.71. The van der Waals surface area contributed by atoms with E-state index in [2.05, 4.69) is 13.8 Å². The van der Waals surface area contributed by atoms with E-state index in [0.29, 0.717) is 5.92 Å². The Hall–Kier alpha value is -0.950. The maximum atomic E-state index is 11.6. The monoisotopic (exact) mass is 440 g/mol. The molecule has 6 nitrogen and oxygen atoms in total. The van der Waals surface area contributed by atoms with Crippen LogP contribution in [-0.2, 0) is 28.5 Å². The molecular weight excluding hydrogens is 396 g/mol. The molecule has 2 saturated heterocycles. The number of rotatable bonds is 10. The lowest BCUT2D eigenvalue weighted by atomic mass is 9.81. The first-order chi connectivity index (χ1) is 14.4. The molecule has 0 aromatic rings. The standard InChI is InChI=1S/C25H44O6/c1-22(2)28-16-24(5,17-29-22)14-8-10-20(12-13-21(26)27-7)11-9-15-25(6)18-30-23(3,4)31-19-25/h12-13,20H,8-11,14-19H2,1-7H3/b13-12+. The van der Waals surface area contributed by atoms with Crippen molar-refractivity contribution in [2.24, 2.45) is 16.7 Å². The number of hydrogen-bond donors (Lipinski definition) is 0. The van der Waals surface area contributed by atoms with Gasteiger partial charge in [0.15, 0.2) is 11.6 Å². The van der Waals surface area contributed by atoms with Gasteiger partial charge in [-0.15, -0.1) is 0 Å². The van der Waals surface area contributed by atoms with Crippen LogP contribution in [-0.4, -0.2) is 51.1 Å². The van der Waals surface area contributed by atoms with Crippen molar-refractivity contribution in [2.75, 3.05) is 33.5 Å². The zero-order valence-corrected chi connectivity index (χ0v) is 20.8. The third kappa shape index (κ3) is 9.21. The summed E-state index contributed by atoms with van der Waals surface area (Å²) >= 11 is 0. The van der Waals surface area contributed by atoms with E-state index in [1.54, 1.807) is 6.08 Å². The van der Waals surface area contributed by atoms with Crippen molar-refractivity contribution in [2.45, 2.75) is 91.6 Å². The van der Waals surface area contributed by atoms with E-state index in [9.17, 15) is 4.79 Å². The Morgan fingerprint density at radius 2 is 1.19 bits per heavy atom. The molecule has 2 heterocycles. The van der Waals surface area contributed by atoms with Crippen LogP contribution in [0.3, 0.4) is 0 Å². The highest BCUT2D eigenvalue weighted by atomic mass is 16.7. The van der Waals surface area contributed by atoms with Crippen LogP contribution in [0.25, 0.3) is 0 Å². The molecule has 180 valence electrons. The summed E-state index contributed by atoms with van der Waals surface area (Å²) in [6.07, 6.45) is 9.87. The van der Waals surface area contributed by atoms with E-state index in [1.165, 1.54) is 7.11 Å². The van der Waals surface area contributed by atoms with E-state index in [-0.39, 0.29) is 16.8 Å². The highest BCUT2D eigenvalue weighted by Gasteiger charge is 2.37. The van der Waals surface area contributed by atoms with E-state index in [0.717, 1.165) is 65.0 Å². The van der Waals surface area contributed by atoms with Gasteiger partial charge in [0.1, 0.15) is 0 Å². The van der Waals surface area contributed by atoms with Crippen molar-refractivity contribution in [3.63, 3.8) is 0 Å². The first kappa shape index (κ1) is 26.3. The number of esters is 1. The number of ether oxygens (including phenoxy) is 5. The van der Waals surface area contributed by atoms with Crippen molar-refractivity contribution >= 4 is 5.97 Å². The molecule has 0 bridgehead atoms. The molecule has 2 aliphatic heterocycles. The molecule has 0 saturated carbocycles. The third-order valence-electron chi connectivity index (χ3n) is 6.49. The molecule has 0 radical (unpaired) electrons. The lowest BCUT2D eigenvalue weighted by molar-refractivity contribution is -0.283. The Morgan fingerprint density at radius 3 is 1.55 bits per heavy atom. The van der Waals surface area contributed by atoms with Gasteiger partial charge in [0.25, 0.3) is 0 Å². The Bertz CT molecular complexity index is 549. The molecule has 2 rings (SSSR count). The summed E-state index contributed by atoms with van der Waals surface area (Å²) in [7, 11) is 1.42. The molecule has 0 aliphatic carbocycles. The van der Waals surface area contributed by atoms with Gasteiger partial charge in [0.2, 0.25) is 0 Å². The van der Waals surface area contributed by atoms with Crippen LogP contribution in [0.5, 0.6) is 0 Å². The minimum atomic E-state index is -0.483. The summed E-state index contributed by atoms with van der Waals surface area (Å²) in [6.45, 7) is 15.2. The minimum Gasteiger partial charge on any atom is -0.466 e. The second-order valence-corrected chi connectivity index (χ2v) is 11.0. The molecule has 2 aliphatic rings. The maximum absolute atomic E-state index is 11.6. The topological polar surface area (TPSA) is 63.2 Å². The van der Waals surface area contributed by atoms with Crippen molar-refractivity contribution in [1.29, 1.82) is 0 Å². The van der Waals surface area contributed by atoms with Crippen LogP contribution >= 0.6 is 0 Å². The van der Waals surface area contributed by atoms with Crippen LogP contribution in [0.2, 0.25) is 0 Å². The summed E-state index contributed by atoms with van der Waals surface area (Å²) < 4.78 is 28.3. The van der Waals surface area contributed by atoms with E-state index in [4.69, 9.17) is 23.7 Å². The van der Waals surface area contributed by atoms with Gasteiger partial charge < -0.3 is 23.7 Å². The number of allylic oxidation sites excluding steroid dienone is 1. The van der Waals surface area contributed by atoms with Crippen molar-refractivity contribution in [3.05, 3.63) is 12.2 Å². The van der Waals surface area contributed by atoms with Gasteiger partial charge >= 0.3 is 5.97 Å². The van der Waals surface area contributed by atoms with Crippen LogP contribution in [0.1, 0.15) is 80.1 Å². The number of carbonyl (C=O) groups is 1. The lowest BCUT2D eigenvalue weighted by Gasteiger charge is -2.42. The largest absolute Gasteiger partial charge is 0.466 e. The third-order valence-corrected chi connectivity index (χ3v) is 6.49. The highest BCUT2D eigenvalue weighted by molar-refractivity contribution is 5.81. The summed E-state index contributed by atoms with van der Waals surface area (Å²) in [5.74, 6) is -0.918. The summed E-state index contributed by atoms with van der Waals surface area (Å²) in [5, 5.41) is 0. The average molecular weight is 441 g/mol. The molecule has 0 unspecified atom stereocenters. The van der Waals surface area contributed by atoms with Crippen molar-refractivity contribution in [1.82, 2.24) is 0 Å². The summed E-state index contributed by atoms with van der Waals surface area (Å²) in [4.78, 5) is 11.6. The van der Waals surface area contributed by atoms with Gasteiger partial charge in [0.05, 0.1) is 33.5 Å². The van der Waals surface area contributed by atoms with Gasteiger partial charge in [-0.3, -0.25) is 0 Å². The molecule has 0 N–H and O–H groups in total. The minimum absolute atomic E-state index is 0.0448. The summed E-state index contributed by atoms with van der Waals surface area (Å²) in [6, 6.07) is 0. The van der Waals surface area contributed by atoms with Gasteiger partial charge in [-0.2, -0.15) is 0 Å². The number of hydrogen-bond acceptors (Lipinski definition) is 6. The van der Waals surface area contributed by atoms with Crippen LogP contribution in [0.4, 0.5) is 0 Å². The number of carbonyl (C=O) groups excluding carboxylic acids is 1. The second kappa shape index (κ2) is 10.8. The van der Waals surface area contributed by atoms with Crippen LogP contribution in [0, 0.1) is 16.7 Å². The predicted molar refractivity (Wildman–Crippen MR) is 121 cm³/mol. The van der Waals surface area contributed by atoms with Gasteiger partial charge in [-0.25, -0.2) is 4.79 Å². The SMILES string of the molecule is COC(=O)/C=C/C(CCCC1(C)COC(C)(C)OC1)CCCC1(C)COC(C)(C)OC1. The van der Waals surface area contributed by atoms with Crippen molar-refractivity contribution in [3.8, 4) is 0 Å². The molecule has 6 heteroatoms. The molecule has 0 amide bonds. The molecule has 0 spiro atoms. The van der Waals surface area contributed by atoms with Gasteiger partial charge in [0, 0.05) is 16.9 Å². The normalized spacial score (nSPS) is 24.4. The van der Waals surface area contributed by atoms with Crippen LogP contribution in [0.15, 0.2) is 12.2 Å². The van der Waals surface area contributed by atoms with E-state index >= 15 is 0 Å². The van der Waals surface area contributed by atoms with E-state index < -0.39 is 11.6 Å². The van der Waals surface area contributed by atoms with Crippen molar-refractivity contribution < 1.29 is 28.5 Å². The highest BCUT2D eigenvalue weighted by Crippen LogP contribution is 2.36. The Balaban J connectivity index is 1.82. The smallest absolute Gasteiger partial charge is 0.330 e. The lowest BCUT2D eigenvalue weighted by Crippen LogP contribution is -2.45. The van der Waals surface area contributed by atoms with Gasteiger partial charge in [-0.05, 0) is 59.3 Å².